The maximum absolute atomic E-state index is 11.6. The molecule has 1 aliphatic carbocycles. The van der Waals surface area contributed by atoms with Gasteiger partial charge in [0.2, 0.25) is 0 Å². The van der Waals surface area contributed by atoms with Gasteiger partial charge in [0, 0.05) is 13.1 Å². The Bertz CT molecular complexity index is 385. The summed E-state index contributed by atoms with van der Waals surface area (Å²) >= 11 is 0. The van der Waals surface area contributed by atoms with Gasteiger partial charge in [0.1, 0.15) is 0 Å². The molecule has 0 spiro atoms. The summed E-state index contributed by atoms with van der Waals surface area (Å²) in [5.41, 5.74) is 7.85. The highest BCUT2D eigenvalue weighted by Crippen LogP contribution is 2.30. The van der Waals surface area contributed by atoms with Gasteiger partial charge in [-0.3, -0.25) is 4.79 Å². The zero-order chi connectivity index (χ0) is 10.8. The monoisotopic (exact) mass is 205 g/mol. The van der Waals surface area contributed by atoms with Crippen molar-refractivity contribution >= 4 is 17.3 Å². The number of carbonyl (C=O) groups is 1. The van der Waals surface area contributed by atoms with Crippen LogP contribution in [-0.2, 0) is 0 Å². The molecule has 2 rings (SSSR count). The average molecular weight is 205 g/mol. The third kappa shape index (κ3) is 2.03. The van der Waals surface area contributed by atoms with Crippen molar-refractivity contribution in [1.29, 1.82) is 0 Å². The lowest BCUT2D eigenvalue weighted by Crippen LogP contribution is -2.20. The first-order chi connectivity index (χ1) is 7.22. The highest BCUT2D eigenvalue weighted by molar-refractivity contribution is 6.02. The van der Waals surface area contributed by atoms with Gasteiger partial charge in [-0.15, -0.1) is 0 Å². The molecule has 4 heteroatoms. The van der Waals surface area contributed by atoms with E-state index in [1.807, 2.05) is 0 Å². The van der Waals surface area contributed by atoms with Crippen LogP contribution in [0.5, 0.6) is 0 Å². The predicted molar refractivity (Wildman–Crippen MR) is 60.9 cm³/mol. The standard InChI is InChI=1S/C11H15N3O/c1-13-11(15)8-3-2-4-9(12)10(8)14-7-5-6-7/h2-4,7,14H,5-6,12H2,1H3,(H,13,15). The van der Waals surface area contributed by atoms with Crippen LogP contribution in [0.1, 0.15) is 23.2 Å². The molecule has 1 saturated carbocycles. The van der Waals surface area contributed by atoms with E-state index in [2.05, 4.69) is 10.6 Å². The number of hydrogen-bond donors (Lipinski definition) is 3. The first-order valence-corrected chi connectivity index (χ1v) is 5.09. The fourth-order valence-electron chi connectivity index (χ4n) is 1.49. The molecule has 0 radical (unpaired) electrons. The van der Waals surface area contributed by atoms with E-state index in [1.54, 1.807) is 25.2 Å². The van der Waals surface area contributed by atoms with Crippen LogP contribution in [0.25, 0.3) is 0 Å². The van der Waals surface area contributed by atoms with Gasteiger partial charge in [0.05, 0.1) is 16.9 Å². The lowest BCUT2D eigenvalue weighted by Gasteiger charge is -2.12. The summed E-state index contributed by atoms with van der Waals surface area (Å²) in [6.45, 7) is 0. The summed E-state index contributed by atoms with van der Waals surface area (Å²) in [5, 5.41) is 5.89. The molecule has 0 aromatic heterocycles. The Morgan fingerprint density at radius 2 is 2.20 bits per heavy atom. The van der Waals surface area contributed by atoms with Crippen molar-refractivity contribution in [3.63, 3.8) is 0 Å². The first-order valence-electron chi connectivity index (χ1n) is 5.09. The predicted octanol–water partition coefficient (Wildman–Crippen LogP) is 1.20. The Balaban J connectivity index is 2.33. The number of anilines is 2. The van der Waals surface area contributed by atoms with Crippen LogP contribution in [-0.4, -0.2) is 19.0 Å². The van der Waals surface area contributed by atoms with E-state index < -0.39 is 0 Å². The second kappa shape index (κ2) is 3.81. The molecule has 0 atom stereocenters. The molecule has 0 bridgehead atoms. The van der Waals surface area contributed by atoms with Crippen LogP contribution in [0.3, 0.4) is 0 Å². The minimum atomic E-state index is -0.106. The van der Waals surface area contributed by atoms with Crippen LogP contribution in [0.15, 0.2) is 18.2 Å². The number of para-hydroxylation sites is 1. The Hall–Kier alpha value is -1.71. The lowest BCUT2D eigenvalue weighted by atomic mass is 10.1. The van der Waals surface area contributed by atoms with Crippen molar-refractivity contribution in [3.8, 4) is 0 Å². The molecule has 0 aliphatic heterocycles. The second-order valence-electron chi connectivity index (χ2n) is 3.77. The minimum Gasteiger partial charge on any atom is -0.397 e. The number of nitrogens with one attached hydrogen (secondary N) is 2. The zero-order valence-corrected chi connectivity index (χ0v) is 8.71. The summed E-state index contributed by atoms with van der Waals surface area (Å²) in [6.07, 6.45) is 2.31. The summed E-state index contributed by atoms with van der Waals surface area (Å²) < 4.78 is 0. The van der Waals surface area contributed by atoms with Crippen molar-refractivity contribution in [2.45, 2.75) is 18.9 Å². The normalized spacial score (nSPS) is 14.7. The number of rotatable bonds is 3. The summed E-state index contributed by atoms with van der Waals surface area (Å²) in [4.78, 5) is 11.6. The van der Waals surface area contributed by atoms with E-state index in [0.29, 0.717) is 17.3 Å². The molecule has 1 amide bonds. The highest BCUT2D eigenvalue weighted by Gasteiger charge is 2.24. The zero-order valence-electron chi connectivity index (χ0n) is 8.71. The van der Waals surface area contributed by atoms with Gasteiger partial charge in [-0.05, 0) is 25.0 Å². The van der Waals surface area contributed by atoms with Crippen LogP contribution in [0.4, 0.5) is 11.4 Å². The van der Waals surface area contributed by atoms with Gasteiger partial charge in [0.25, 0.3) is 5.91 Å². The fourth-order valence-corrected chi connectivity index (χ4v) is 1.49. The van der Waals surface area contributed by atoms with E-state index in [9.17, 15) is 4.79 Å². The van der Waals surface area contributed by atoms with Gasteiger partial charge in [-0.25, -0.2) is 0 Å². The molecule has 4 nitrogen and oxygen atoms in total. The summed E-state index contributed by atoms with van der Waals surface area (Å²) in [6, 6.07) is 5.85. The van der Waals surface area contributed by atoms with Gasteiger partial charge in [-0.1, -0.05) is 6.07 Å². The number of nitrogens with two attached hydrogens (primary N) is 1. The quantitative estimate of drug-likeness (QED) is 0.649. The average Bonchev–Trinajstić information content (AvgIpc) is 3.04. The Morgan fingerprint density at radius 1 is 1.47 bits per heavy atom. The Morgan fingerprint density at radius 3 is 2.80 bits per heavy atom. The maximum Gasteiger partial charge on any atom is 0.253 e. The Kier molecular flexibility index (Phi) is 2.49. The topological polar surface area (TPSA) is 67.2 Å². The number of benzene rings is 1. The van der Waals surface area contributed by atoms with Crippen LogP contribution in [0.2, 0.25) is 0 Å². The molecule has 1 aromatic carbocycles. The Labute approximate surface area is 88.9 Å². The lowest BCUT2D eigenvalue weighted by molar-refractivity contribution is 0.0964. The number of nitrogen functional groups attached to an aromatic ring is 1. The van der Waals surface area contributed by atoms with E-state index >= 15 is 0 Å². The molecular weight excluding hydrogens is 190 g/mol. The third-order valence-corrected chi connectivity index (χ3v) is 2.49. The van der Waals surface area contributed by atoms with Crippen LogP contribution in [0, 0.1) is 0 Å². The molecule has 0 saturated heterocycles. The molecule has 0 heterocycles. The second-order valence-corrected chi connectivity index (χ2v) is 3.77. The minimum absolute atomic E-state index is 0.106. The molecule has 1 aliphatic rings. The SMILES string of the molecule is CNC(=O)c1cccc(N)c1NC1CC1. The fraction of sp³-hybridized carbons (Fsp3) is 0.364. The van der Waals surface area contributed by atoms with Gasteiger partial charge < -0.3 is 16.4 Å². The van der Waals surface area contributed by atoms with Crippen molar-refractivity contribution in [2.24, 2.45) is 0 Å². The van der Waals surface area contributed by atoms with Crippen LogP contribution >= 0.6 is 0 Å². The molecule has 1 fully saturated rings. The van der Waals surface area contributed by atoms with Gasteiger partial charge in [-0.2, -0.15) is 0 Å². The van der Waals surface area contributed by atoms with Crippen molar-refractivity contribution in [3.05, 3.63) is 23.8 Å². The van der Waals surface area contributed by atoms with E-state index in [-0.39, 0.29) is 5.91 Å². The molecule has 4 N–H and O–H groups in total. The third-order valence-electron chi connectivity index (χ3n) is 2.49. The van der Waals surface area contributed by atoms with Crippen molar-refractivity contribution in [1.82, 2.24) is 5.32 Å². The van der Waals surface area contributed by atoms with E-state index in [0.717, 1.165) is 18.5 Å². The summed E-state index contributed by atoms with van der Waals surface area (Å²) in [5.74, 6) is -0.106. The van der Waals surface area contributed by atoms with Gasteiger partial charge >= 0.3 is 0 Å². The number of amides is 1. The van der Waals surface area contributed by atoms with Gasteiger partial charge in [0.15, 0.2) is 0 Å². The summed E-state index contributed by atoms with van der Waals surface area (Å²) in [7, 11) is 1.62. The highest BCUT2D eigenvalue weighted by atomic mass is 16.1. The van der Waals surface area contributed by atoms with Crippen molar-refractivity contribution in [2.75, 3.05) is 18.1 Å². The molecule has 1 aromatic rings. The van der Waals surface area contributed by atoms with E-state index in [4.69, 9.17) is 5.73 Å². The smallest absolute Gasteiger partial charge is 0.253 e. The van der Waals surface area contributed by atoms with Crippen molar-refractivity contribution < 1.29 is 4.79 Å². The first kappa shape index (κ1) is 9.83. The number of carbonyl (C=O) groups excluding carboxylic acids is 1. The van der Waals surface area contributed by atoms with E-state index in [1.165, 1.54) is 0 Å². The molecule has 0 unspecified atom stereocenters. The largest absolute Gasteiger partial charge is 0.397 e. The molecule has 80 valence electrons. The number of hydrogen-bond acceptors (Lipinski definition) is 3. The molecule has 15 heavy (non-hydrogen) atoms. The maximum atomic E-state index is 11.6. The van der Waals surface area contributed by atoms with Crippen LogP contribution < -0.4 is 16.4 Å². The molecular formula is C11H15N3O.